The van der Waals surface area contributed by atoms with Crippen molar-refractivity contribution in [1.82, 2.24) is 4.98 Å². The summed E-state index contributed by atoms with van der Waals surface area (Å²) in [7, 11) is 1.55. The Kier molecular flexibility index (Phi) is 4.97. The first-order valence-corrected chi connectivity index (χ1v) is 8.27. The summed E-state index contributed by atoms with van der Waals surface area (Å²) in [4.78, 5) is 30.1. The minimum Gasteiger partial charge on any atom is -0.481 e. The number of carbonyl (C=O) groups is 2. The van der Waals surface area contributed by atoms with Crippen LogP contribution < -0.4 is 15.0 Å². The van der Waals surface area contributed by atoms with Gasteiger partial charge in [-0.2, -0.15) is 0 Å². The molecule has 0 saturated carbocycles. The maximum absolute atomic E-state index is 12.8. The van der Waals surface area contributed by atoms with Gasteiger partial charge in [0.2, 0.25) is 17.7 Å². The number of benzene rings is 1. The highest BCUT2D eigenvalue weighted by molar-refractivity contribution is 5.98. The largest absolute Gasteiger partial charge is 0.481 e. The molecule has 1 N–H and O–H groups in total. The van der Waals surface area contributed by atoms with Crippen LogP contribution in [0.1, 0.15) is 24.5 Å². The SMILES string of the molecule is COc1cc(CC(=O)N2CCCc3c(NC(C)=O)cccc32)ccn1. The van der Waals surface area contributed by atoms with E-state index in [9.17, 15) is 9.59 Å². The molecule has 1 aromatic heterocycles. The molecule has 0 atom stereocenters. The summed E-state index contributed by atoms with van der Waals surface area (Å²) in [6.45, 7) is 2.17. The average molecular weight is 339 g/mol. The zero-order valence-corrected chi connectivity index (χ0v) is 14.4. The summed E-state index contributed by atoms with van der Waals surface area (Å²) < 4.78 is 5.11. The average Bonchev–Trinajstić information content (AvgIpc) is 2.61. The van der Waals surface area contributed by atoms with Crippen molar-refractivity contribution < 1.29 is 14.3 Å². The number of rotatable bonds is 4. The molecule has 1 aliphatic rings. The van der Waals surface area contributed by atoms with Crippen molar-refractivity contribution in [1.29, 1.82) is 0 Å². The molecule has 3 rings (SSSR count). The van der Waals surface area contributed by atoms with Gasteiger partial charge in [-0.3, -0.25) is 9.59 Å². The standard InChI is InChI=1S/C19H21N3O3/c1-13(23)21-16-6-3-7-17-15(16)5-4-10-22(17)19(24)12-14-8-9-20-18(11-14)25-2/h3,6-9,11H,4-5,10,12H2,1-2H3,(H,21,23). The molecule has 2 aromatic rings. The second-order valence-electron chi connectivity index (χ2n) is 6.02. The molecule has 6 nitrogen and oxygen atoms in total. The van der Waals surface area contributed by atoms with Crippen LogP contribution in [-0.4, -0.2) is 30.5 Å². The molecule has 0 radical (unpaired) electrons. The highest BCUT2D eigenvalue weighted by Gasteiger charge is 2.24. The zero-order valence-electron chi connectivity index (χ0n) is 14.4. The van der Waals surface area contributed by atoms with Crippen LogP contribution in [0.4, 0.5) is 11.4 Å². The van der Waals surface area contributed by atoms with Crippen LogP contribution in [0.25, 0.3) is 0 Å². The van der Waals surface area contributed by atoms with E-state index >= 15 is 0 Å². The minimum absolute atomic E-state index is 0.0224. The molecule has 0 spiro atoms. The third kappa shape index (κ3) is 3.79. The first-order chi connectivity index (χ1) is 12.1. The molecule has 1 aliphatic heterocycles. The van der Waals surface area contributed by atoms with E-state index in [1.807, 2.05) is 24.3 Å². The van der Waals surface area contributed by atoms with Crippen molar-refractivity contribution >= 4 is 23.2 Å². The number of methoxy groups -OCH3 is 1. The van der Waals surface area contributed by atoms with Crippen LogP contribution in [0.2, 0.25) is 0 Å². The lowest BCUT2D eigenvalue weighted by Crippen LogP contribution is -2.36. The van der Waals surface area contributed by atoms with E-state index in [-0.39, 0.29) is 18.2 Å². The first-order valence-electron chi connectivity index (χ1n) is 8.27. The Morgan fingerprint density at radius 2 is 2.16 bits per heavy atom. The number of aromatic nitrogens is 1. The molecular weight excluding hydrogens is 318 g/mol. The molecular formula is C19H21N3O3. The number of amides is 2. The van der Waals surface area contributed by atoms with E-state index in [1.54, 1.807) is 24.3 Å². The summed E-state index contributed by atoms with van der Waals surface area (Å²) in [5.74, 6) is 0.409. The Labute approximate surface area is 146 Å². The molecule has 2 heterocycles. The van der Waals surface area contributed by atoms with E-state index in [4.69, 9.17) is 4.74 Å². The number of hydrogen-bond donors (Lipinski definition) is 1. The van der Waals surface area contributed by atoms with E-state index in [1.165, 1.54) is 6.92 Å². The summed E-state index contributed by atoms with van der Waals surface area (Å²) in [5, 5.41) is 2.86. The molecule has 2 amide bonds. The van der Waals surface area contributed by atoms with Crippen molar-refractivity contribution in [3.05, 3.63) is 47.7 Å². The fourth-order valence-corrected chi connectivity index (χ4v) is 3.13. The maximum atomic E-state index is 12.8. The number of carbonyl (C=O) groups excluding carboxylic acids is 2. The number of nitrogens with zero attached hydrogens (tertiary/aromatic N) is 2. The first kappa shape index (κ1) is 17.0. The van der Waals surface area contributed by atoms with Gasteiger partial charge in [-0.05, 0) is 42.2 Å². The fourth-order valence-electron chi connectivity index (χ4n) is 3.13. The number of pyridine rings is 1. The Bertz CT molecular complexity index is 804. The zero-order chi connectivity index (χ0) is 17.8. The van der Waals surface area contributed by atoms with Crippen molar-refractivity contribution in [2.45, 2.75) is 26.2 Å². The lowest BCUT2D eigenvalue weighted by atomic mass is 9.98. The topological polar surface area (TPSA) is 71.5 Å². The fraction of sp³-hybridized carbons (Fsp3) is 0.316. The molecule has 0 saturated heterocycles. The highest BCUT2D eigenvalue weighted by Crippen LogP contribution is 2.33. The number of hydrogen-bond acceptors (Lipinski definition) is 4. The van der Waals surface area contributed by atoms with Crippen molar-refractivity contribution in [3.63, 3.8) is 0 Å². The lowest BCUT2D eigenvalue weighted by Gasteiger charge is -2.31. The summed E-state index contributed by atoms with van der Waals surface area (Å²) in [6.07, 6.45) is 3.64. The van der Waals surface area contributed by atoms with Crippen LogP contribution in [0.15, 0.2) is 36.5 Å². The predicted molar refractivity (Wildman–Crippen MR) is 95.9 cm³/mol. The number of fused-ring (bicyclic) bond motifs is 1. The predicted octanol–water partition coefficient (Wildman–Crippen LogP) is 2.57. The van der Waals surface area contributed by atoms with Crippen molar-refractivity contribution in [3.8, 4) is 5.88 Å². The Morgan fingerprint density at radius 3 is 2.92 bits per heavy atom. The Morgan fingerprint density at radius 1 is 1.32 bits per heavy atom. The van der Waals surface area contributed by atoms with E-state index in [0.717, 1.165) is 35.3 Å². The van der Waals surface area contributed by atoms with Crippen LogP contribution in [0.3, 0.4) is 0 Å². The minimum atomic E-state index is -0.110. The van der Waals surface area contributed by atoms with Gasteiger partial charge in [0.05, 0.1) is 13.5 Å². The van der Waals surface area contributed by atoms with E-state index < -0.39 is 0 Å². The van der Waals surface area contributed by atoms with Gasteiger partial charge in [0.15, 0.2) is 0 Å². The third-order valence-electron chi connectivity index (χ3n) is 4.23. The Hall–Kier alpha value is -2.89. The van der Waals surface area contributed by atoms with Gasteiger partial charge in [-0.25, -0.2) is 4.98 Å². The monoisotopic (exact) mass is 339 g/mol. The molecule has 6 heteroatoms. The van der Waals surface area contributed by atoms with E-state index in [2.05, 4.69) is 10.3 Å². The quantitative estimate of drug-likeness (QED) is 0.929. The number of nitrogens with one attached hydrogen (secondary N) is 1. The van der Waals surface area contributed by atoms with E-state index in [0.29, 0.717) is 12.4 Å². The smallest absolute Gasteiger partial charge is 0.231 e. The van der Waals surface area contributed by atoms with Gasteiger partial charge >= 0.3 is 0 Å². The van der Waals surface area contributed by atoms with Crippen LogP contribution in [0.5, 0.6) is 5.88 Å². The lowest BCUT2D eigenvalue weighted by molar-refractivity contribution is -0.118. The summed E-state index contributed by atoms with van der Waals surface area (Å²) in [5.41, 5.74) is 3.54. The third-order valence-corrected chi connectivity index (χ3v) is 4.23. The summed E-state index contributed by atoms with van der Waals surface area (Å²) >= 11 is 0. The molecule has 130 valence electrons. The van der Waals surface area contributed by atoms with Gasteiger partial charge in [-0.15, -0.1) is 0 Å². The second-order valence-corrected chi connectivity index (χ2v) is 6.02. The second kappa shape index (κ2) is 7.34. The molecule has 25 heavy (non-hydrogen) atoms. The van der Waals surface area contributed by atoms with Crippen molar-refractivity contribution in [2.75, 3.05) is 23.9 Å². The molecule has 0 bridgehead atoms. The molecule has 0 unspecified atom stereocenters. The van der Waals surface area contributed by atoms with Gasteiger partial charge in [0, 0.05) is 37.1 Å². The van der Waals surface area contributed by atoms with Gasteiger partial charge in [-0.1, -0.05) is 6.07 Å². The van der Waals surface area contributed by atoms with Gasteiger partial charge in [0.25, 0.3) is 0 Å². The van der Waals surface area contributed by atoms with Crippen LogP contribution >= 0.6 is 0 Å². The number of ether oxygens (including phenoxy) is 1. The number of anilines is 2. The van der Waals surface area contributed by atoms with Crippen LogP contribution in [-0.2, 0) is 22.4 Å². The molecule has 0 fully saturated rings. The maximum Gasteiger partial charge on any atom is 0.231 e. The summed E-state index contributed by atoms with van der Waals surface area (Å²) in [6, 6.07) is 9.27. The van der Waals surface area contributed by atoms with Crippen LogP contribution in [0, 0.1) is 0 Å². The Balaban J connectivity index is 1.84. The van der Waals surface area contributed by atoms with Crippen molar-refractivity contribution in [2.24, 2.45) is 0 Å². The van der Waals surface area contributed by atoms with Gasteiger partial charge in [0.1, 0.15) is 0 Å². The van der Waals surface area contributed by atoms with Gasteiger partial charge < -0.3 is 15.0 Å². The molecule has 0 aliphatic carbocycles. The normalized spacial score (nSPS) is 13.1. The molecule has 1 aromatic carbocycles. The highest BCUT2D eigenvalue weighted by atomic mass is 16.5.